The number of hydrogen-bond acceptors (Lipinski definition) is 9. The summed E-state index contributed by atoms with van der Waals surface area (Å²) in [5.74, 6) is 1.28. The van der Waals surface area contributed by atoms with Crippen molar-refractivity contribution >= 4 is 56.5 Å². The number of pyridine rings is 1. The summed E-state index contributed by atoms with van der Waals surface area (Å²) >= 11 is 7.63. The zero-order valence-corrected chi connectivity index (χ0v) is 18.3. The van der Waals surface area contributed by atoms with Gasteiger partial charge in [-0.05, 0) is 60.4 Å². The quantitative estimate of drug-likeness (QED) is 0.448. The van der Waals surface area contributed by atoms with E-state index < -0.39 is 0 Å². The van der Waals surface area contributed by atoms with Crippen LogP contribution in [0.25, 0.3) is 16.0 Å². The van der Waals surface area contributed by atoms with Gasteiger partial charge in [-0.15, -0.1) is 16.4 Å². The summed E-state index contributed by atoms with van der Waals surface area (Å²) < 4.78 is 2.28. The second-order valence-electron chi connectivity index (χ2n) is 7.47. The van der Waals surface area contributed by atoms with E-state index in [4.69, 9.17) is 17.3 Å². The molecule has 9 nitrogen and oxygen atoms in total. The summed E-state index contributed by atoms with van der Waals surface area (Å²) in [5.41, 5.74) is 10.8. The summed E-state index contributed by atoms with van der Waals surface area (Å²) in [5, 5.41) is 9.74. The highest BCUT2D eigenvalue weighted by Gasteiger charge is 2.18. The first-order chi connectivity index (χ1) is 15.0. The number of nitrogens with two attached hydrogens (primary N) is 1. The van der Waals surface area contributed by atoms with E-state index in [9.17, 15) is 4.79 Å². The molecule has 0 fully saturated rings. The van der Waals surface area contributed by atoms with Crippen LogP contribution in [-0.4, -0.2) is 35.5 Å². The molecule has 0 saturated carbocycles. The van der Waals surface area contributed by atoms with Crippen LogP contribution in [-0.2, 0) is 17.6 Å². The largest absolute Gasteiger partial charge is 0.368 e. The van der Waals surface area contributed by atoms with Crippen molar-refractivity contribution in [1.82, 2.24) is 29.7 Å². The zero-order valence-electron chi connectivity index (χ0n) is 16.7. The van der Waals surface area contributed by atoms with E-state index in [1.165, 1.54) is 16.0 Å². The van der Waals surface area contributed by atoms with Gasteiger partial charge in [-0.2, -0.15) is 14.6 Å². The molecule has 0 bridgehead atoms. The highest BCUT2D eigenvalue weighted by molar-refractivity contribution is 7.17. The second kappa shape index (κ2) is 7.86. The molecule has 0 radical (unpaired) electrons. The van der Waals surface area contributed by atoms with Crippen LogP contribution >= 0.6 is 22.9 Å². The molecular formula is C20H19ClN8OS. The van der Waals surface area contributed by atoms with Gasteiger partial charge in [-0.1, -0.05) is 0 Å². The maximum absolute atomic E-state index is 11.8. The van der Waals surface area contributed by atoms with Crippen molar-refractivity contribution in [2.24, 2.45) is 0 Å². The van der Waals surface area contributed by atoms with E-state index in [2.05, 4.69) is 30.4 Å². The van der Waals surface area contributed by atoms with E-state index >= 15 is 0 Å². The van der Waals surface area contributed by atoms with E-state index in [1.807, 2.05) is 18.4 Å². The molecule has 0 unspecified atom stereocenters. The summed E-state index contributed by atoms with van der Waals surface area (Å²) in [7, 11) is 0. The number of Topliss-reactive ketones (excluding diaryl/α,β-unsaturated/α-hetero) is 1. The van der Waals surface area contributed by atoms with Crippen LogP contribution < -0.4 is 11.1 Å². The topological polar surface area (TPSA) is 124 Å². The van der Waals surface area contributed by atoms with E-state index in [1.54, 1.807) is 6.20 Å². The second-order valence-corrected chi connectivity index (χ2v) is 8.68. The molecule has 0 amide bonds. The monoisotopic (exact) mass is 454 g/mol. The molecule has 4 aromatic heterocycles. The van der Waals surface area contributed by atoms with Crippen LogP contribution in [0.4, 0.5) is 17.6 Å². The molecule has 11 heteroatoms. The van der Waals surface area contributed by atoms with Crippen molar-refractivity contribution in [3.8, 4) is 5.82 Å². The smallest absolute Gasteiger partial charge is 0.248 e. The number of nitrogen functional groups attached to an aromatic ring is 1. The Kier molecular flexibility index (Phi) is 5.03. The average molecular weight is 455 g/mol. The van der Waals surface area contributed by atoms with Gasteiger partial charge in [0.2, 0.25) is 17.2 Å². The molecule has 0 aliphatic heterocycles. The summed E-state index contributed by atoms with van der Waals surface area (Å²) in [6, 6.07) is 2.00. The van der Waals surface area contributed by atoms with Gasteiger partial charge in [0, 0.05) is 18.5 Å². The third kappa shape index (κ3) is 3.84. The van der Waals surface area contributed by atoms with Crippen molar-refractivity contribution < 1.29 is 4.79 Å². The lowest BCUT2D eigenvalue weighted by atomic mass is 9.96. The van der Waals surface area contributed by atoms with Crippen LogP contribution in [0.2, 0.25) is 5.28 Å². The number of thiophene rings is 1. The molecule has 1 aliphatic carbocycles. The maximum Gasteiger partial charge on any atom is 0.248 e. The molecule has 5 rings (SSSR count). The molecule has 4 heterocycles. The average Bonchev–Trinajstić information content (AvgIpc) is 3.28. The first-order valence-corrected chi connectivity index (χ1v) is 11.1. The fourth-order valence-corrected chi connectivity index (χ4v) is 4.82. The Hall–Kier alpha value is -3.11. The molecule has 4 aromatic rings. The van der Waals surface area contributed by atoms with Gasteiger partial charge in [0.25, 0.3) is 0 Å². The molecule has 31 heavy (non-hydrogen) atoms. The Labute approximate surface area is 186 Å². The number of carbonyl (C=O) groups is 1. The normalized spacial score (nSPS) is 14.3. The molecule has 1 aliphatic rings. The van der Waals surface area contributed by atoms with E-state index in [-0.39, 0.29) is 11.2 Å². The Morgan fingerprint density at radius 2 is 2.06 bits per heavy atom. The number of ketones is 1. The minimum atomic E-state index is 0.119. The number of anilines is 3. The van der Waals surface area contributed by atoms with Crippen molar-refractivity contribution in [2.45, 2.75) is 39.0 Å². The number of nitrogens with zero attached hydrogens (tertiary/aromatic N) is 6. The van der Waals surface area contributed by atoms with E-state index in [0.29, 0.717) is 36.8 Å². The van der Waals surface area contributed by atoms with Crippen LogP contribution in [0.5, 0.6) is 0 Å². The van der Waals surface area contributed by atoms with Crippen molar-refractivity contribution in [3.63, 3.8) is 0 Å². The summed E-state index contributed by atoms with van der Waals surface area (Å²) in [6.07, 6.45) is 5.27. The molecule has 3 N–H and O–H groups in total. The number of rotatable bonds is 3. The lowest BCUT2D eigenvalue weighted by molar-refractivity contribution is -0.119. The van der Waals surface area contributed by atoms with Gasteiger partial charge in [0.1, 0.15) is 5.78 Å². The number of aromatic nitrogens is 6. The molecule has 0 atom stereocenters. The van der Waals surface area contributed by atoms with Gasteiger partial charge in [-0.25, -0.2) is 4.98 Å². The van der Waals surface area contributed by atoms with Crippen molar-refractivity contribution in [3.05, 3.63) is 39.7 Å². The van der Waals surface area contributed by atoms with Crippen LogP contribution in [0.3, 0.4) is 0 Å². The van der Waals surface area contributed by atoms with E-state index in [0.717, 1.165) is 45.6 Å². The Morgan fingerprint density at radius 1 is 1.19 bits per heavy atom. The lowest BCUT2D eigenvalue weighted by Crippen LogP contribution is -2.09. The number of nitrogens with one attached hydrogen (secondary N) is 1. The Morgan fingerprint density at radius 3 is 2.94 bits per heavy atom. The fourth-order valence-electron chi connectivity index (χ4n) is 3.70. The van der Waals surface area contributed by atoms with Gasteiger partial charge in [0.05, 0.1) is 22.1 Å². The Balaban J connectivity index is 1.47. The van der Waals surface area contributed by atoms with Gasteiger partial charge in [0.15, 0.2) is 5.82 Å². The van der Waals surface area contributed by atoms with Crippen molar-refractivity contribution in [2.75, 3.05) is 11.1 Å². The lowest BCUT2D eigenvalue weighted by Gasteiger charge is -2.13. The molecule has 0 saturated heterocycles. The number of carbonyl (C=O) groups excluding carboxylic acids is 1. The summed E-state index contributed by atoms with van der Waals surface area (Å²) in [6.45, 7) is 1.96. The maximum atomic E-state index is 11.8. The highest BCUT2D eigenvalue weighted by atomic mass is 35.5. The third-order valence-electron chi connectivity index (χ3n) is 5.24. The van der Waals surface area contributed by atoms with Gasteiger partial charge >= 0.3 is 0 Å². The number of hydrogen-bond donors (Lipinski definition) is 2. The minimum absolute atomic E-state index is 0.119. The molecule has 158 valence electrons. The van der Waals surface area contributed by atoms with Crippen LogP contribution in [0.1, 0.15) is 36.1 Å². The Bertz CT molecular complexity index is 1310. The highest BCUT2D eigenvalue weighted by Crippen LogP contribution is 2.31. The fraction of sp³-hybridized carbons (Fsp3) is 0.300. The third-order valence-corrected chi connectivity index (χ3v) is 6.49. The molecular weight excluding hydrogens is 436 g/mol. The van der Waals surface area contributed by atoms with Gasteiger partial charge < -0.3 is 11.1 Å². The van der Waals surface area contributed by atoms with Gasteiger partial charge in [-0.3, -0.25) is 9.78 Å². The predicted octanol–water partition coefficient (Wildman–Crippen LogP) is 3.79. The SMILES string of the molecule is Cc1csc2c(-n3nc(Nc4cnc5c(c4)CCC(=O)CCC5)nc3N)nc(Cl)nc12. The van der Waals surface area contributed by atoms with Crippen LogP contribution in [0.15, 0.2) is 17.6 Å². The van der Waals surface area contributed by atoms with Crippen molar-refractivity contribution in [1.29, 1.82) is 0 Å². The standard InChI is InChI=1S/C20H19ClN8OS/c1-10-9-31-16-15(10)25-18(21)26-17(16)29-19(22)27-20(28-29)24-12-7-11-5-6-13(30)3-2-4-14(11)23-8-12/h7-9H,2-6H2,1H3,(H3,22,24,27,28). The van der Waals surface area contributed by atoms with Crippen LogP contribution in [0, 0.1) is 6.92 Å². The molecule has 0 spiro atoms. The number of halogens is 1. The molecule has 0 aromatic carbocycles. The first kappa shape index (κ1) is 19.8. The minimum Gasteiger partial charge on any atom is -0.368 e. The number of aryl methyl sites for hydroxylation is 3. The zero-order chi connectivity index (χ0) is 21.5. The number of fused-ring (bicyclic) bond motifs is 2. The predicted molar refractivity (Wildman–Crippen MR) is 120 cm³/mol. The first-order valence-electron chi connectivity index (χ1n) is 9.88. The summed E-state index contributed by atoms with van der Waals surface area (Å²) in [4.78, 5) is 29.3.